The summed E-state index contributed by atoms with van der Waals surface area (Å²) in [6, 6.07) is 22.4. The van der Waals surface area contributed by atoms with Crippen molar-refractivity contribution in [2.75, 3.05) is 16.8 Å². The first kappa shape index (κ1) is 34.4. The number of hydrogen-bond acceptors (Lipinski definition) is 5. The summed E-state index contributed by atoms with van der Waals surface area (Å²) >= 11 is 13.0. The Balaban J connectivity index is 1.50. The summed E-state index contributed by atoms with van der Waals surface area (Å²) in [6.07, 6.45) is 0.645. The van der Waals surface area contributed by atoms with Crippen molar-refractivity contribution in [2.45, 2.75) is 57.2 Å². The number of carbonyl (C=O) groups is 3. The van der Waals surface area contributed by atoms with Gasteiger partial charge in [0, 0.05) is 52.4 Å². The maximum Gasteiger partial charge on any atom is 0.335 e. The van der Waals surface area contributed by atoms with Crippen LogP contribution in [0.15, 0.2) is 84.9 Å². The largest absolute Gasteiger partial charge is 0.478 e. The summed E-state index contributed by atoms with van der Waals surface area (Å²) in [5.41, 5.74) is 8.31. The molecule has 0 bridgehead atoms. The lowest BCUT2D eigenvalue weighted by Crippen LogP contribution is -2.48. The van der Waals surface area contributed by atoms with Crippen molar-refractivity contribution in [3.05, 3.63) is 129 Å². The van der Waals surface area contributed by atoms with Crippen molar-refractivity contribution in [3.8, 4) is 0 Å². The van der Waals surface area contributed by atoms with Gasteiger partial charge in [0.15, 0.2) is 0 Å². The second-order valence-corrected chi connectivity index (χ2v) is 14.9. The van der Waals surface area contributed by atoms with Crippen LogP contribution in [0.5, 0.6) is 0 Å². The van der Waals surface area contributed by atoms with E-state index < -0.39 is 35.1 Å². The standard InChI is InChI=1S/C38H37Cl2FN4O4/c1-37(2,3)18-30-38(20-45(29-17-24(39)13-16-27(29)38)19-21-7-9-23(10-8-21)36(48)49)31(26-5-4-6-28(40)32(26)41)33(44-30)35(47)43-25-14-11-22(12-15-25)34(42)46/h4-17,30-31,33,44H,18-20H2,1-3H3,(H2,42,46)(H,43,47)(H,48,49)/t30-,31-,33+,38-/m0/s1. The number of rotatable bonds is 8. The molecule has 0 saturated carbocycles. The van der Waals surface area contributed by atoms with Gasteiger partial charge >= 0.3 is 5.97 Å². The molecule has 6 rings (SSSR count). The van der Waals surface area contributed by atoms with Crippen molar-refractivity contribution in [1.82, 2.24) is 5.32 Å². The molecule has 8 nitrogen and oxygen atoms in total. The van der Waals surface area contributed by atoms with E-state index in [0.717, 1.165) is 16.8 Å². The molecule has 0 radical (unpaired) electrons. The van der Waals surface area contributed by atoms with E-state index in [9.17, 15) is 19.5 Å². The van der Waals surface area contributed by atoms with E-state index in [1.807, 2.05) is 18.2 Å². The van der Waals surface area contributed by atoms with Gasteiger partial charge < -0.3 is 26.4 Å². The van der Waals surface area contributed by atoms with Gasteiger partial charge in [-0.3, -0.25) is 9.59 Å². The van der Waals surface area contributed by atoms with E-state index in [1.54, 1.807) is 48.5 Å². The molecule has 254 valence electrons. The zero-order valence-electron chi connectivity index (χ0n) is 27.3. The molecule has 0 aliphatic carbocycles. The molecule has 49 heavy (non-hydrogen) atoms. The monoisotopic (exact) mass is 702 g/mol. The zero-order valence-corrected chi connectivity index (χ0v) is 28.8. The Morgan fingerprint density at radius 1 is 1.00 bits per heavy atom. The Morgan fingerprint density at radius 2 is 1.67 bits per heavy atom. The van der Waals surface area contributed by atoms with Crippen LogP contribution < -0.4 is 21.3 Å². The minimum Gasteiger partial charge on any atom is -0.478 e. The Kier molecular flexibility index (Phi) is 9.21. The molecule has 2 amide bonds. The average Bonchev–Trinajstić information content (AvgIpc) is 3.52. The highest BCUT2D eigenvalue weighted by atomic mass is 35.5. The maximum absolute atomic E-state index is 16.3. The van der Waals surface area contributed by atoms with Gasteiger partial charge in [-0.05, 0) is 83.1 Å². The molecule has 11 heteroatoms. The van der Waals surface area contributed by atoms with Crippen LogP contribution in [0.4, 0.5) is 15.8 Å². The fourth-order valence-electron chi connectivity index (χ4n) is 7.54. The number of nitrogens with two attached hydrogens (primary N) is 1. The van der Waals surface area contributed by atoms with Crippen molar-refractivity contribution in [2.24, 2.45) is 11.1 Å². The Hall–Kier alpha value is -4.44. The third-order valence-electron chi connectivity index (χ3n) is 9.57. The van der Waals surface area contributed by atoms with Crippen LogP contribution >= 0.6 is 23.2 Å². The van der Waals surface area contributed by atoms with Crippen LogP contribution in [0.25, 0.3) is 0 Å². The number of carboxylic acids is 1. The van der Waals surface area contributed by atoms with Gasteiger partial charge in [0.2, 0.25) is 11.8 Å². The molecule has 1 fully saturated rings. The lowest BCUT2D eigenvalue weighted by molar-refractivity contribution is -0.118. The summed E-state index contributed by atoms with van der Waals surface area (Å²) in [6.45, 7) is 7.22. The summed E-state index contributed by atoms with van der Waals surface area (Å²) in [5, 5.41) is 16.6. The first-order chi connectivity index (χ1) is 23.2. The number of benzene rings is 4. The van der Waals surface area contributed by atoms with Crippen LogP contribution in [-0.2, 0) is 16.8 Å². The molecular weight excluding hydrogens is 666 g/mol. The Bertz CT molecular complexity index is 1930. The summed E-state index contributed by atoms with van der Waals surface area (Å²) in [4.78, 5) is 39.7. The number of aromatic carboxylic acids is 1. The average molecular weight is 704 g/mol. The first-order valence-corrected chi connectivity index (χ1v) is 16.7. The molecule has 4 atom stereocenters. The van der Waals surface area contributed by atoms with Crippen molar-refractivity contribution >= 4 is 52.4 Å². The molecule has 4 aromatic rings. The Labute approximate surface area is 294 Å². The van der Waals surface area contributed by atoms with Crippen molar-refractivity contribution in [1.29, 1.82) is 0 Å². The number of nitrogens with zero attached hydrogens (tertiary/aromatic N) is 1. The van der Waals surface area contributed by atoms with Crippen molar-refractivity contribution in [3.63, 3.8) is 0 Å². The first-order valence-electron chi connectivity index (χ1n) is 16.0. The highest BCUT2D eigenvalue weighted by molar-refractivity contribution is 6.31. The summed E-state index contributed by atoms with van der Waals surface area (Å²) < 4.78 is 16.3. The molecule has 2 heterocycles. The van der Waals surface area contributed by atoms with E-state index in [2.05, 4.69) is 36.3 Å². The summed E-state index contributed by atoms with van der Waals surface area (Å²) in [7, 11) is 0. The normalized spacial score (nSPS) is 21.5. The molecule has 1 saturated heterocycles. The predicted molar refractivity (Wildman–Crippen MR) is 190 cm³/mol. The second-order valence-electron chi connectivity index (χ2n) is 14.1. The van der Waals surface area contributed by atoms with Crippen LogP contribution in [0.3, 0.4) is 0 Å². The smallest absolute Gasteiger partial charge is 0.335 e. The van der Waals surface area contributed by atoms with Gasteiger partial charge in [-0.2, -0.15) is 0 Å². The van der Waals surface area contributed by atoms with Crippen LogP contribution in [-0.4, -0.2) is 41.5 Å². The molecule has 5 N–H and O–H groups in total. The number of carbonyl (C=O) groups excluding carboxylic acids is 2. The van der Waals surface area contributed by atoms with Gasteiger partial charge in [-0.25, -0.2) is 9.18 Å². The topological polar surface area (TPSA) is 125 Å². The fraction of sp³-hybridized carbons (Fsp3) is 0.289. The lowest BCUT2D eigenvalue weighted by atomic mass is 9.63. The zero-order chi connectivity index (χ0) is 35.2. The number of amides is 2. The number of nitrogens with one attached hydrogen (secondary N) is 2. The van der Waals surface area contributed by atoms with Crippen LogP contribution in [0.2, 0.25) is 10.0 Å². The Morgan fingerprint density at radius 3 is 2.31 bits per heavy atom. The van der Waals surface area contributed by atoms with Gasteiger partial charge in [-0.15, -0.1) is 0 Å². The van der Waals surface area contributed by atoms with Gasteiger partial charge in [-0.1, -0.05) is 74.3 Å². The van der Waals surface area contributed by atoms with E-state index >= 15 is 4.39 Å². The van der Waals surface area contributed by atoms with Crippen molar-refractivity contribution < 1.29 is 23.9 Å². The quantitative estimate of drug-likeness (QED) is 0.152. The van der Waals surface area contributed by atoms with Gasteiger partial charge in [0.1, 0.15) is 5.82 Å². The van der Waals surface area contributed by atoms with E-state index in [1.165, 1.54) is 18.2 Å². The minimum absolute atomic E-state index is 0.0437. The maximum atomic E-state index is 16.3. The molecular formula is C38H37Cl2FN4O4. The third-order valence-corrected chi connectivity index (χ3v) is 10.1. The van der Waals surface area contributed by atoms with Gasteiger partial charge in [0.25, 0.3) is 0 Å². The molecule has 1 spiro atoms. The molecule has 0 unspecified atom stereocenters. The number of carboxylic acid groups (broad SMARTS) is 1. The number of primary amides is 1. The third kappa shape index (κ3) is 6.63. The SMILES string of the molecule is CC(C)(C)C[C@@H]1N[C@@H](C(=O)Nc2ccc(C(N)=O)cc2)[C@H](c2cccc(Cl)c2F)[C@]12CN(Cc1ccc(C(=O)O)cc1)c1cc(Cl)ccc12. The number of anilines is 2. The molecule has 4 aromatic carbocycles. The van der Waals surface area contributed by atoms with Gasteiger partial charge in [0.05, 0.1) is 16.6 Å². The van der Waals surface area contributed by atoms with Crippen LogP contribution in [0, 0.1) is 11.2 Å². The molecule has 0 aromatic heterocycles. The predicted octanol–water partition coefficient (Wildman–Crippen LogP) is 7.39. The summed E-state index contributed by atoms with van der Waals surface area (Å²) in [5.74, 6) is -3.27. The molecule has 2 aliphatic rings. The fourth-order valence-corrected chi connectivity index (χ4v) is 7.88. The number of halogens is 3. The highest BCUT2D eigenvalue weighted by Gasteiger charge is 2.63. The lowest BCUT2D eigenvalue weighted by Gasteiger charge is -2.40. The number of hydrogen-bond donors (Lipinski definition) is 4. The molecule has 2 aliphatic heterocycles. The minimum atomic E-state index is -1.01. The van der Waals surface area contributed by atoms with E-state index in [4.69, 9.17) is 28.9 Å². The van der Waals surface area contributed by atoms with E-state index in [-0.39, 0.29) is 28.0 Å². The van der Waals surface area contributed by atoms with E-state index in [0.29, 0.717) is 41.3 Å². The second kappa shape index (κ2) is 13.1. The highest BCUT2D eigenvalue weighted by Crippen LogP contribution is 2.58. The van der Waals surface area contributed by atoms with Crippen LogP contribution in [0.1, 0.15) is 70.5 Å². The number of fused-ring (bicyclic) bond motifs is 2.